The normalized spacial score (nSPS) is 16.2. The van der Waals surface area contributed by atoms with Crippen LogP contribution in [-0.2, 0) is 0 Å². The molecule has 0 spiro atoms. The summed E-state index contributed by atoms with van der Waals surface area (Å²) in [6.45, 7) is 6.60. The quantitative estimate of drug-likeness (QED) is 0.934. The van der Waals surface area contributed by atoms with Gasteiger partial charge in [-0.15, -0.1) is 0 Å². The average molecular weight is 315 g/mol. The van der Waals surface area contributed by atoms with Crippen molar-refractivity contribution in [2.45, 2.75) is 33.1 Å². The maximum Gasteiger partial charge on any atom is 0.257 e. The van der Waals surface area contributed by atoms with Crippen LogP contribution < -0.4 is 5.32 Å². The minimum absolute atomic E-state index is 0.0807. The summed E-state index contributed by atoms with van der Waals surface area (Å²) in [5.74, 6) is 0.805. The van der Waals surface area contributed by atoms with Gasteiger partial charge in [0.2, 0.25) is 0 Å². The van der Waals surface area contributed by atoms with Gasteiger partial charge in [0, 0.05) is 25.4 Å². The summed E-state index contributed by atoms with van der Waals surface area (Å²) in [4.78, 5) is 19.2. The molecule has 0 atom stereocenters. The van der Waals surface area contributed by atoms with Gasteiger partial charge in [-0.3, -0.25) is 4.79 Å². The van der Waals surface area contributed by atoms with Crippen LogP contribution in [0.15, 0.2) is 12.3 Å². The zero-order chi connectivity index (χ0) is 16.4. The van der Waals surface area contributed by atoms with Crippen LogP contribution in [0.1, 0.15) is 41.0 Å². The molecular weight excluding hydrogens is 290 g/mol. The molecule has 3 rings (SSSR count). The van der Waals surface area contributed by atoms with Gasteiger partial charge >= 0.3 is 0 Å². The number of piperidine rings is 1. The Morgan fingerprint density at radius 2 is 2.09 bits per heavy atom. The van der Waals surface area contributed by atoms with Crippen LogP contribution in [0.5, 0.6) is 0 Å². The Kier molecular flexibility index (Phi) is 4.61. The first-order valence-corrected chi connectivity index (χ1v) is 8.36. The van der Waals surface area contributed by atoms with Crippen LogP contribution in [0.3, 0.4) is 0 Å². The van der Waals surface area contributed by atoms with Crippen LogP contribution in [-0.4, -0.2) is 52.1 Å². The molecule has 1 saturated heterocycles. The van der Waals surface area contributed by atoms with Crippen molar-refractivity contribution in [3.05, 3.63) is 29.2 Å². The Bertz CT molecular complexity index is 700. The van der Waals surface area contributed by atoms with Crippen LogP contribution in [0.2, 0.25) is 0 Å². The predicted octanol–water partition coefficient (Wildman–Crippen LogP) is 1.81. The number of carbonyl (C=O) groups is 1. The van der Waals surface area contributed by atoms with Crippen molar-refractivity contribution in [3.63, 3.8) is 0 Å². The zero-order valence-corrected chi connectivity index (χ0v) is 14.2. The molecule has 3 heterocycles. The fourth-order valence-electron chi connectivity index (χ4n) is 3.32. The van der Waals surface area contributed by atoms with Crippen molar-refractivity contribution in [2.75, 3.05) is 26.7 Å². The summed E-state index contributed by atoms with van der Waals surface area (Å²) in [6, 6.07) is 1.93. The Morgan fingerprint density at radius 1 is 1.35 bits per heavy atom. The molecule has 0 unspecified atom stereocenters. The fraction of sp³-hybridized carbons (Fsp3) is 0.588. The number of amides is 1. The van der Waals surface area contributed by atoms with Crippen LogP contribution in [0.25, 0.3) is 5.65 Å². The first-order valence-electron chi connectivity index (χ1n) is 8.36. The summed E-state index contributed by atoms with van der Waals surface area (Å²) in [6.07, 6.45) is 5.06. The molecule has 0 radical (unpaired) electrons. The van der Waals surface area contributed by atoms with Crippen molar-refractivity contribution in [1.29, 1.82) is 0 Å². The van der Waals surface area contributed by atoms with Crippen molar-refractivity contribution >= 4 is 11.6 Å². The van der Waals surface area contributed by atoms with E-state index in [1.165, 1.54) is 6.42 Å². The maximum absolute atomic E-state index is 12.8. The smallest absolute Gasteiger partial charge is 0.257 e. The van der Waals surface area contributed by atoms with Crippen LogP contribution in [0, 0.1) is 19.8 Å². The largest absolute Gasteiger partial charge is 0.339 e. The molecule has 0 aliphatic carbocycles. The molecule has 23 heavy (non-hydrogen) atoms. The van der Waals surface area contributed by atoms with Crippen molar-refractivity contribution in [1.82, 2.24) is 24.8 Å². The van der Waals surface area contributed by atoms with Crippen molar-refractivity contribution in [2.24, 2.45) is 5.92 Å². The molecule has 2 aromatic rings. The summed E-state index contributed by atoms with van der Waals surface area (Å²) in [5, 5.41) is 7.63. The lowest BCUT2D eigenvalue weighted by atomic mass is 9.93. The number of fused-ring (bicyclic) bond motifs is 1. The number of carbonyl (C=O) groups excluding carboxylic acids is 1. The summed E-state index contributed by atoms with van der Waals surface area (Å²) in [7, 11) is 1.99. The Balaban J connectivity index is 1.73. The zero-order valence-electron chi connectivity index (χ0n) is 14.2. The van der Waals surface area contributed by atoms with Gasteiger partial charge in [-0.25, -0.2) is 9.50 Å². The number of hydrogen-bond acceptors (Lipinski definition) is 4. The third-order valence-corrected chi connectivity index (χ3v) is 4.78. The number of likely N-dealkylation sites (tertiary alicyclic amines) is 1. The number of aromatic nitrogens is 3. The van der Waals surface area contributed by atoms with Gasteiger partial charge in [0.25, 0.3) is 5.91 Å². The molecule has 0 bridgehead atoms. The molecule has 0 saturated carbocycles. The van der Waals surface area contributed by atoms with E-state index < -0.39 is 0 Å². The van der Waals surface area contributed by atoms with Gasteiger partial charge in [0.1, 0.15) is 0 Å². The lowest BCUT2D eigenvalue weighted by molar-refractivity contribution is 0.0685. The van der Waals surface area contributed by atoms with Crippen LogP contribution in [0.4, 0.5) is 0 Å². The van der Waals surface area contributed by atoms with E-state index in [4.69, 9.17) is 0 Å². The van der Waals surface area contributed by atoms with Crippen molar-refractivity contribution < 1.29 is 4.79 Å². The summed E-state index contributed by atoms with van der Waals surface area (Å²) >= 11 is 0. The van der Waals surface area contributed by atoms with E-state index in [-0.39, 0.29) is 5.91 Å². The molecule has 1 N–H and O–H groups in total. The molecular formula is C17H25N5O. The van der Waals surface area contributed by atoms with E-state index in [0.717, 1.165) is 55.4 Å². The van der Waals surface area contributed by atoms with E-state index in [2.05, 4.69) is 15.4 Å². The first-order chi connectivity index (χ1) is 11.1. The fourth-order valence-corrected chi connectivity index (χ4v) is 3.32. The lowest BCUT2D eigenvalue weighted by Crippen LogP contribution is -2.39. The molecule has 1 fully saturated rings. The molecule has 124 valence electrons. The molecule has 0 aromatic carbocycles. The Labute approximate surface area is 136 Å². The topological polar surface area (TPSA) is 62.5 Å². The van der Waals surface area contributed by atoms with E-state index in [9.17, 15) is 4.79 Å². The minimum Gasteiger partial charge on any atom is -0.339 e. The molecule has 6 heteroatoms. The molecule has 6 nitrogen and oxygen atoms in total. The van der Waals surface area contributed by atoms with Gasteiger partial charge < -0.3 is 10.2 Å². The predicted molar refractivity (Wildman–Crippen MR) is 89.6 cm³/mol. The van der Waals surface area contributed by atoms with Gasteiger partial charge in [-0.2, -0.15) is 5.10 Å². The van der Waals surface area contributed by atoms with E-state index >= 15 is 0 Å². The minimum atomic E-state index is 0.0807. The maximum atomic E-state index is 12.8. The number of hydrogen-bond donors (Lipinski definition) is 1. The molecule has 2 aromatic heterocycles. The number of rotatable bonds is 4. The van der Waals surface area contributed by atoms with Gasteiger partial charge in [-0.1, -0.05) is 0 Å². The van der Waals surface area contributed by atoms with Gasteiger partial charge in [-0.05, 0) is 52.6 Å². The van der Waals surface area contributed by atoms with E-state index in [1.54, 1.807) is 10.7 Å². The number of nitrogens with one attached hydrogen (secondary N) is 1. The monoisotopic (exact) mass is 315 g/mol. The highest BCUT2D eigenvalue weighted by Crippen LogP contribution is 2.22. The third-order valence-electron chi connectivity index (χ3n) is 4.78. The van der Waals surface area contributed by atoms with Gasteiger partial charge in [0.15, 0.2) is 5.65 Å². The van der Waals surface area contributed by atoms with Crippen molar-refractivity contribution in [3.8, 4) is 0 Å². The highest BCUT2D eigenvalue weighted by molar-refractivity contribution is 5.95. The average Bonchev–Trinajstić information content (AvgIpc) is 2.95. The van der Waals surface area contributed by atoms with E-state index in [0.29, 0.717) is 5.56 Å². The van der Waals surface area contributed by atoms with Crippen LogP contribution >= 0.6 is 0 Å². The second-order valence-electron chi connectivity index (χ2n) is 6.44. The highest BCUT2D eigenvalue weighted by atomic mass is 16.2. The number of aryl methyl sites for hydroxylation is 2. The lowest BCUT2D eigenvalue weighted by Gasteiger charge is -2.32. The Hall–Kier alpha value is -1.95. The summed E-state index contributed by atoms with van der Waals surface area (Å²) in [5.41, 5.74) is 3.23. The SMILES string of the molecule is CNCCC1CCN(C(=O)c2cnc3cc(C)nn3c2C)CC1. The second kappa shape index (κ2) is 6.66. The van der Waals surface area contributed by atoms with Gasteiger partial charge in [0.05, 0.1) is 17.0 Å². The first kappa shape index (κ1) is 15.9. The second-order valence-corrected chi connectivity index (χ2v) is 6.44. The molecule has 1 amide bonds. The standard InChI is InChI=1S/C17H25N5O/c1-12-10-16-19-11-15(13(2)22(16)20-12)17(23)21-8-5-14(6-9-21)4-7-18-3/h10-11,14,18H,4-9H2,1-3H3. The molecule has 1 aliphatic heterocycles. The third kappa shape index (κ3) is 3.22. The number of nitrogens with zero attached hydrogens (tertiary/aromatic N) is 4. The Morgan fingerprint density at radius 3 is 2.78 bits per heavy atom. The summed E-state index contributed by atoms with van der Waals surface area (Å²) < 4.78 is 1.77. The molecule has 1 aliphatic rings. The highest BCUT2D eigenvalue weighted by Gasteiger charge is 2.25. The van der Waals surface area contributed by atoms with E-state index in [1.807, 2.05) is 31.9 Å².